The summed E-state index contributed by atoms with van der Waals surface area (Å²) >= 11 is 2.11. The molecule has 2 heteroatoms. The molecule has 17 heavy (non-hydrogen) atoms. The van der Waals surface area contributed by atoms with E-state index in [0.29, 0.717) is 11.2 Å². The highest BCUT2D eigenvalue weighted by Crippen LogP contribution is 2.44. The van der Waals surface area contributed by atoms with Crippen molar-refractivity contribution in [3.05, 3.63) is 0 Å². The number of thioether (sulfide) groups is 1. The predicted molar refractivity (Wildman–Crippen MR) is 73.2 cm³/mol. The van der Waals surface area contributed by atoms with Crippen molar-refractivity contribution in [2.75, 3.05) is 5.75 Å². The van der Waals surface area contributed by atoms with Crippen molar-refractivity contribution in [3.8, 4) is 0 Å². The summed E-state index contributed by atoms with van der Waals surface area (Å²) in [5.74, 6) is 4.59. The summed E-state index contributed by atoms with van der Waals surface area (Å²) in [6.07, 6.45) is 12.4. The third kappa shape index (κ3) is 3.49. The molecule has 0 N–H and O–H groups in total. The topological polar surface area (TPSA) is 17.1 Å². The lowest BCUT2D eigenvalue weighted by Crippen LogP contribution is -2.28. The van der Waals surface area contributed by atoms with E-state index in [2.05, 4.69) is 11.8 Å². The molecule has 0 aromatic heterocycles. The Bertz CT molecular complexity index is 270. The van der Waals surface area contributed by atoms with Gasteiger partial charge in [0.25, 0.3) is 0 Å². The normalized spacial score (nSPS) is 38.0. The zero-order chi connectivity index (χ0) is 11.7. The van der Waals surface area contributed by atoms with E-state index in [9.17, 15) is 4.79 Å². The standard InChI is InChI=1S/C15H24OS/c16-9-14-8-13(7-11-1-2-11)5-6-15(14)17-10-12-3-4-12/h9,11-15H,1-8,10H2. The molecule has 3 fully saturated rings. The summed E-state index contributed by atoms with van der Waals surface area (Å²) in [7, 11) is 0. The number of carbonyl (C=O) groups excluding carboxylic acids is 1. The molecule has 3 aliphatic rings. The van der Waals surface area contributed by atoms with Crippen LogP contribution < -0.4 is 0 Å². The van der Waals surface area contributed by atoms with Gasteiger partial charge in [-0.15, -0.1) is 0 Å². The fourth-order valence-electron chi connectivity index (χ4n) is 3.20. The van der Waals surface area contributed by atoms with Crippen molar-refractivity contribution in [1.82, 2.24) is 0 Å². The zero-order valence-corrected chi connectivity index (χ0v) is 11.5. The molecule has 0 bridgehead atoms. The molecule has 0 saturated heterocycles. The van der Waals surface area contributed by atoms with E-state index in [-0.39, 0.29) is 0 Å². The van der Waals surface area contributed by atoms with E-state index in [1.807, 2.05) is 0 Å². The van der Waals surface area contributed by atoms with E-state index >= 15 is 0 Å². The van der Waals surface area contributed by atoms with Crippen LogP contribution in [0.4, 0.5) is 0 Å². The molecule has 0 radical (unpaired) electrons. The second kappa shape index (κ2) is 5.34. The lowest BCUT2D eigenvalue weighted by molar-refractivity contribution is -0.112. The minimum atomic E-state index is 0.372. The van der Waals surface area contributed by atoms with Crippen LogP contribution in [0.15, 0.2) is 0 Å². The van der Waals surface area contributed by atoms with Crippen LogP contribution in [-0.2, 0) is 4.79 Å². The Balaban J connectivity index is 1.46. The first-order valence-electron chi connectivity index (χ1n) is 7.42. The molecule has 96 valence electrons. The maximum absolute atomic E-state index is 11.3. The fourth-order valence-corrected chi connectivity index (χ4v) is 4.78. The highest BCUT2D eigenvalue weighted by molar-refractivity contribution is 7.99. The lowest BCUT2D eigenvalue weighted by atomic mass is 9.79. The zero-order valence-electron chi connectivity index (χ0n) is 10.6. The molecule has 0 heterocycles. The molecule has 0 amide bonds. The van der Waals surface area contributed by atoms with Gasteiger partial charge in [-0.25, -0.2) is 0 Å². The fraction of sp³-hybridized carbons (Fsp3) is 0.933. The van der Waals surface area contributed by atoms with Gasteiger partial charge in [-0.1, -0.05) is 12.8 Å². The largest absolute Gasteiger partial charge is 0.303 e. The molecular weight excluding hydrogens is 228 g/mol. The number of aldehydes is 1. The number of rotatable bonds is 6. The van der Waals surface area contributed by atoms with Crippen molar-refractivity contribution in [1.29, 1.82) is 0 Å². The van der Waals surface area contributed by atoms with Gasteiger partial charge in [-0.2, -0.15) is 11.8 Å². The van der Waals surface area contributed by atoms with Crippen LogP contribution in [0.3, 0.4) is 0 Å². The van der Waals surface area contributed by atoms with Gasteiger partial charge in [0.05, 0.1) is 0 Å². The maximum atomic E-state index is 11.3. The van der Waals surface area contributed by atoms with Crippen LogP contribution in [0.2, 0.25) is 0 Å². The molecule has 0 aliphatic heterocycles. The Morgan fingerprint density at radius 3 is 2.29 bits per heavy atom. The molecule has 1 nitrogen and oxygen atoms in total. The third-order valence-electron chi connectivity index (χ3n) is 4.72. The highest BCUT2D eigenvalue weighted by Gasteiger charge is 2.34. The number of hydrogen-bond acceptors (Lipinski definition) is 2. The first kappa shape index (κ1) is 12.1. The van der Waals surface area contributed by atoms with Gasteiger partial charge < -0.3 is 4.79 Å². The summed E-state index contributed by atoms with van der Waals surface area (Å²) in [5.41, 5.74) is 0. The Morgan fingerprint density at radius 1 is 0.941 bits per heavy atom. The molecule has 0 spiro atoms. The van der Waals surface area contributed by atoms with Gasteiger partial charge in [-0.3, -0.25) is 0 Å². The van der Waals surface area contributed by atoms with Crippen LogP contribution in [0.1, 0.15) is 51.4 Å². The van der Waals surface area contributed by atoms with Gasteiger partial charge in [0.15, 0.2) is 0 Å². The number of hydrogen-bond donors (Lipinski definition) is 0. The van der Waals surface area contributed by atoms with Crippen LogP contribution >= 0.6 is 11.8 Å². The van der Waals surface area contributed by atoms with Crippen molar-refractivity contribution >= 4 is 18.0 Å². The monoisotopic (exact) mass is 252 g/mol. The Kier molecular flexibility index (Phi) is 3.79. The molecule has 3 unspecified atom stereocenters. The van der Waals surface area contributed by atoms with Gasteiger partial charge in [0.1, 0.15) is 6.29 Å². The first-order chi connectivity index (χ1) is 8.35. The summed E-state index contributed by atoms with van der Waals surface area (Å²) in [6.45, 7) is 0. The molecule has 3 aliphatic carbocycles. The highest BCUT2D eigenvalue weighted by atomic mass is 32.2. The van der Waals surface area contributed by atoms with Crippen molar-refractivity contribution in [2.24, 2.45) is 23.7 Å². The Morgan fingerprint density at radius 2 is 1.65 bits per heavy atom. The van der Waals surface area contributed by atoms with Gasteiger partial charge in [0.2, 0.25) is 0 Å². The van der Waals surface area contributed by atoms with E-state index in [1.165, 1.54) is 63.4 Å². The first-order valence-corrected chi connectivity index (χ1v) is 8.47. The van der Waals surface area contributed by atoms with Crippen molar-refractivity contribution in [3.63, 3.8) is 0 Å². The van der Waals surface area contributed by atoms with Crippen molar-refractivity contribution in [2.45, 2.75) is 56.6 Å². The number of carbonyl (C=O) groups is 1. The second-order valence-corrected chi connectivity index (χ2v) is 7.75. The van der Waals surface area contributed by atoms with Crippen LogP contribution in [-0.4, -0.2) is 17.3 Å². The maximum Gasteiger partial charge on any atom is 0.124 e. The smallest absolute Gasteiger partial charge is 0.124 e. The molecule has 0 aromatic rings. The summed E-state index contributed by atoms with van der Waals surface area (Å²) < 4.78 is 0. The average Bonchev–Trinajstić information content (AvgIpc) is 3.21. The van der Waals surface area contributed by atoms with Crippen LogP contribution in [0.25, 0.3) is 0 Å². The van der Waals surface area contributed by atoms with E-state index in [1.54, 1.807) is 0 Å². The second-order valence-electron chi connectivity index (χ2n) is 6.47. The van der Waals surface area contributed by atoms with E-state index in [4.69, 9.17) is 0 Å². The molecule has 3 saturated carbocycles. The van der Waals surface area contributed by atoms with Crippen LogP contribution in [0.5, 0.6) is 0 Å². The van der Waals surface area contributed by atoms with Gasteiger partial charge >= 0.3 is 0 Å². The summed E-state index contributed by atoms with van der Waals surface area (Å²) in [4.78, 5) is 11.3. The average molecular weight is 252 g/mol. The summed E-state index contributed by atoms with van der Waals surface area (Å²) in [5, 5.41) is 0.656. The molecule has 0 aromatic carbocycles. The SMILES string of the molecule is O=CC1CC(CC2CC2)CCC1SCC1CC1. The Hall–Kier alpha value is 0.0200. The lowest BCUT2D eigenvalue weighted by Gasteiger charge is -2.33. The minimum Gasteiger partial charge on any atom is -0.303 e. The van der Waals surface area contributed by atoms with E-state index < -0.39 is 0 Å². The van der Waals surface area contributed by atoms with Crippen LogP contribution in [0, 0.1) is 23.7 Å². The summed E-state index contributed by atoms with van der Waals surface area (Å²) in [6, 6.07) is 0. The van der Waals surface area contributed by atoms with Gasteiger partial charge in [-0.05, 0) is 62.0 Å². The molecule has 3 atom stereocenters. The molecular formula is C15H24OS. The van der Waals surface area contributed by atoms with E-state index in [0.717, 1.165) is 17.8 Å². The van der Waals surface area contributed by atoms with Gasteiger partial charge in [0, 0.05) is 11.2 Å². The predicted octanol–water partition coefficient (Wildman–Crippen LogP) is 3.91. The Labute approximate surface area is 109 Å². The van der Waals surface area contributed by atoms with Crippen molar-refractivity contribution < 1.29 is 4.79 Å². The molecule has 3 rings (SSSR count). The minimum absolute atomic E-state index is 0.372. The third-order valence-corrected chi connectivity index (χ3v) is 6.40. The quantitative estimate of drug-likeness (QED) is 0.667.